The van der Waals surface area contributed by atoms with Crippen molar-refractivity contribution >= 4 is 23.3 Å². The third-order valence-electron chi connectivity index (χ3n) is 3.16. The number of hydrogen-bond acceptors (Lipinski definition) is 4. The second-order valence-corrected chi connectivity index (χ2v) is 6.01. The zero-order valence-electron chi connectivity index (χ0n) is 13.3. The summed E-state index contributed by atoms with van der Waals surface area (Å²) < 4.78 is 12.8. The number of aryl methyl sites for hydroxylation is 1. The maximum Gasteiger partial charge on any atom is 0.333 e. The molecular formula is C16H19FN4O2S. The monoisotopic (exact) mass is 350 g/mol. The highest BCUT2D eigenvalue weighted by Gasteiger charge is 2.06. The number of aromatic nitrogens is 1. The highest BCUT2D eigenvalue weighted by atomic mass is 32.1. The molecule has 0 radical (unpaired) electrons. The summed E-state index contributed by atoms with van der Waals surface area (Å²) in [5, 5.41) is 5.68. The van der Waals surface area contributed by atoms with Crippen LogP contribution in [0, 0.1) is 5.82 Å². The maximum absolute atomic E-state index is 12.8. The Morgan fingerprint density at radius 2 is 1.96 bits per heavy atom. The third kappa shape index (κ3) is 5.96. The van der Waals surface area contributed by atoms with Gasteiger partial charge in [0.25, 0.3) is 0 Å². The van der Waals surface area contributed by atoms with Crippen molar-refractivity contribution in [1.29, 1.82) is 0 Å². The van der Waals surface area contributed by atoms with Gasteiger partial charge in [-0.25, -0.2) is 19.6 Å². The van der Waals surface area contributed by atoms with E-state index < -0.39 is 6.03 Å². The topological polar surface area (TPSA) is 83.1 Å². The molecular weight excluding hydrogens is 331 g/mol. The van der Waals surface area contributed by atoms with Crippen LogP contribution in [-0.2, 0) is 24.1 Å². The van der Waals surface area contributed by atoms with Gasteiger partial charge in [-0.15, -0.1) is 11.3 Å². The summed E-state index contributed by atoms with van der Waals surface area (Å²) in [6, 6.07) is 5.12. The highest BCUT2D eigenvalue weighted by Crippen LogP contribution is 2.10. The predicted octanol–water partition coefficient (Wildman–Crippen LogP) is 1.96. The minimum Gasteiger partial charge on any atom is -0.336 e. The molecule has 8 heteroatoms. The van der Waals surface area contributed by atoms with Crippen LogP contribution in [-0.4, -0.2) is 23.5 Å². The molecule has 0 fully saturated rings. The molecule has 0 saturated carbocycles. The average Bonchev–Trinajstić information content (AvgIpc) is 3.03. The average molecular weight is 350 g/mol. The lowest BCUT2D eigenvalue weighted by Gasteiger charge is -2.08. The van der Waals surface area contributed by atoms with E-state index in [1.807, 2.05) is 12.3 Å². The lowest BCUT2D eigenvalue weighted by atomic mass is 10.1. The molecule has 6 nitrogen and oxygen atoms in total. The Balaban J connectivity index is 1.63. The third-order valence-corrected chi connectivity index (χ3v) is 4.20. The number of hydrogen-bond donors (Lipinski definition) is 3. The first-order valence-electron chi connectivity index (χ1n) is 7.57. The second kappa shape index (κ2) is 8.97. The summed E-state index contributed by atoms with van der Waals surface area (Å²) in [5.74, 6) is -0.744. The van der Waals surface area contributed by atoms with Crippen LogP contribution in [0.1, 0.15) is 23.2 Å². The molecule has 2 rings (SSSR count). The van der Waals surface area contributed by atoms with Gasteiger partial charge in [0.05, 0.1) is 17.1 Å². The SMILES string of the molecule is CCc1nc(CCNC(=O)NNC(=O)Cc2ccc(F)cc2)cs1. The van der Waals surface area contributed by atoms with E-state index in [1.165, 1.54) is 24.3 Å². The summed E-state index contributed by atoms with van der Waals surface area (Å²) in [4.78, 5) is 27.7. The van der Waals surface area contributed by atoms with E-state index in [0.29, 0.717) is 18.5 Å². The zero-order chi connectivity index (χ0) is 17.4. The van der Waals surface area contributed by atoms with Crippen LogP contribution in [0.3, 0.4) is 0 Å². The van der Waals surface area contributed by atoms with Gasteiger partial charge in [-0.05, 0) is 24.1 Å². The van der Waals surface area contributed by atoms with Gasteiger partial charge in [-0.3, -0.25) is 10.2 Å². The van der Waals surface area contributed by atoms with Gasteiger partial charge in [-0.1, -0.05) is 19.1 Å². The molecule has 0 atom stereocenters. The largest absolute Gasteiger partial charge is 0.336 e. The normalized spacial score (nSPS) is 10.2. The first-order valence-corrected chi connectivity index (χ1v) is 8.45. The van der Waals surface area contributed by atoms with Gasteiger partial charge >= 0.3 is 6.03 Å². The van der Waals surface area contributed by atoms with Crippen molar-refractivity contribution in [2.24, 2.45) is 0 Å². The fourth-order valence-electron chi connectivity index (χ4n) is 1.93. The van der Waals surface area contributed by atoms with E-state index in [1.54, 1.807) is 11.3 Å². The Morgan fingerprint density at radius 3 is 2.62 bits per heavy atom. The Hall–Kier alpha value is -2.48. The highest BCUT2D eigenvalue weighted by molar-refractivity contribution is 7.09. The van der Waals surface area contributed by atoms with Crippen LogP contribution in [0.25, 0.3) is 0 Å². The number of urea groups is 1. The Morgan fingerprint density at radius 1 is 1.21 bits per heavy atom. The Labute approximate surface area is 143 Å². The lowest BCUT2D eigenvalue weighted by Crippen LogP contribution is -2.47. The smallest absolute Gasteiger partial charge is 0.333 e. The lowest BCUT2D eigenvalue weighted by molar-refractivity contribution is -0.121. The van der Waals surface area contributed by atoms with Crippen LogP contribution < -0.4 is 16.2 Å². The number of carbonyl (C=O) groups excluding carboxylic acids is 2. The summed E-state index contributed by atoms with van der Waals surface area (Å²) >= 11 is 1.60. The first kappa shape index (κ1) is 17.9. The van der Waals surface area contributed by atoms with Gasteiger partial charge in [0.1, 0.15) is 5.82 Å². The van der Waals surface area contributed by atoms with E-state index in [0.717, 1.165) is 17.1 Å². The first-order chi connectivity index (χ1) is 11.6. The summed E-state index contributed by atoms with van der Waals surface area (Å²) in [5.41, 5.74) is 6.18. The molecule has 0 saturated heterocycles. The van der Waals surface area contributed by atoms with Gasteiger partial charge in [0.2, 0.25) is 5.91 Å². The quantitative estimate of drug-likeness (QED) is 0.697. The molecule has 1 aromatic heterocycles. The molecule has 0 unspecified atom stereocenters. The van der Waals surface area contributed by atoms with Crippen LogP contribution in [0.5, 0.6) is 0 Å². The van der Waals surface area contributed by atoms with Crippen LogP contribution in [0.4, 0.5) is 9.18 Å². The Kier molecular flexibility index (Phi) is 6.68. The molecule has 2 aromatic rings. The van der Waals surface area contributed by atoms with Crippen LogP contribution in [0.15, 0.2) is 29.6 Å². The summed E-state index contributed by atoms with van der Waals surface area (Å²) in [7, 11) is 0. The molecule has 1 heterocycles. The van der Waals surface area contributed by atoms with Crippen LogP contribution >= 0.6 is 11.3 Å². The van der Waals surface area contributed by atoms with E-state index in [-0.39, 0.29) is 18.1 Å². The fourth-order valence-corrected chi connectivity index (χ4v) is 2.71. The summed E-state index contributed by atoms with van der Waals surface area (Å²) in [6.07, 6.45) is 1.59. The molecule has 128 valence electrons. The van der Waals surface area contributed by atoms with Crippen molar-refractivity contribution in [3.63, 3.8) is 0 Å². The number of amides is 3. The molecule has 0 aliphatic rings. The number of nitrogens with one attached hydrogen (secondary N) is 3. The van der Waals surface area contributed by atoms with Crippen molar-refractivity contribution < 1.29 is 14.0 Å². The van der Waals surface area contributed by atoms with Crippen molar-refractivity contribution in [2.75, 3.05) is 6.54 Å². The van der Waals surface area contributed by atoms with E-state index in [9.17, 15) is 14.0 Å². The van der Waals surface area contributed by atoms with Crippen molar-refractivity contribution in [3.05, 3.63) is 51.7 Å². The maximum atomic E-state index is 12.8. The standard InChI is InChI=1S/C16H19FN4O2S/c1-2-15-19-13(10-24-15)7-8-18-16(23)21-20-14(22)9-11-3-5-12(17)6-4-11/h3-6,10H,2,7-9H2,1H3,(H,20,22)(H2,18,21,23). The number of benzene rings is 1. The number of carbonyl (C=O) groups is 2. The van der Waals surface area contributed by atoms with Gasteiger partial charge in [0, 0.05) is 18.3 Å². The molecule has 0 aliphatic heterocycles. The van der Waals surface area contributed by atoms with E-state index in [2.05, 4.69) is 21.2 Å². The van der Waals surface area contributed by atoms with Gasteiger partial charge in [-0.2, -0.15) is 0 Å². The zero-order valence-corrected chi connectivity index (χ0v) is 14.1. The number of hydrazine groups is 1. The minimum atomic E-state index is -0.492. The summed E-state index contributed by atoms with van der Waals surface area (Å²) in [6.45, 7) is 2.47. The molecule has 3 N–H and O–H groups in total. The number of thiazole rings is 1. The molecule has 0 bridgehead atoms. The minimum absolute atomic E-state index is 0.0547. The number of rotatable bonds is 6. The van der Waals surface area contributed by atoms with Crippen LogP contribution in [0.2, 0.25) is 0 Å². The van der Waals surface area contributed by atoms with Crippen molar-refractivity contribution in [2.45, 2.75) is 26.2 Å². The fraction of sp³-hybridized carbons (Fsp3) is 0.312. The van der Waals surface area contributed by atoms with E-state index in [4.69, 9.17) is 0 Å². The number of nitrogens with zero attached hydrogens (tertiary/aromatic N) is 1. The van der Waals surface area contributed by atoms with Crippen molar-refractivity contribution in [3.8, 4) is 0 Å². The van der Waals surface area contributed by atoms with E-state index >= 15 is 0 Å². The second-order valence-electron chi connectivity index (χ2n) is 5.07. The Bertz CT molecular complexity index is 688. The molecule has 24 heavy (non-hydrogen) atoms. The molecule has 0 spiro atoms. The van der Waals surface area contributed by atoms with Gasteiger partial charge in [0.15, 0.2) is 0 Å². The van der Waals surface area contributed by atoms with Crippen molar-refractivity contribution in [1.82, 2.24) is 21.2 Å². The number of halogens is 1. The van der Waals surface area contributed by atoms with Gasteiger partial charge < -0.3 is 5.32 Å². The predicted molar refractivity (Wildman–Crippen MR) is 90.0 cm³/mol. The molecule has 3 amide bonds. The molecule has 0 aliphatic carbocycles. The molecule has 1 aromatic carbocycles.